The number of hydrogen-bond acceptors (Lipinski definition) is 4. The van der Waals surface area contributed by atoms with Gasteiger partial charge in [-0.05, 0) is 41.6 Å². The molecule has 2 rings (SSSR count). The van der Waals surface area contributed by atoms with Gasteiger partial charge in [0.05, 0.1) is 3.57 Å². The van der Waals surface area contributed by atoms with Crippen LogP contribution in [0.25, 0.3) is 11.4 Å². The zero-order valence-electron chi connectivity index (χ0n) is 9.03. The number of halogens is 1. The molecule has 4 nitrogen and oxygen atoms in total. The number of rotatable bonds is 2. The molecule has 82 valence electrons. The van der Waals surface area contributed by atoms with E-state index in [0.29, 0.717) is 5.82 Å². The SMILES string of the molecule is CNc1nc(-c2ccc(C)nc2)ncc1I. The van der Waals surface area contributed by atoms with Gasteiger partial charge in [0.25, 0.3) is 0 Å². The second-order valence-corrected chi connectivity index (χ2v) is 4.49. The van der Waals surface area contributed by atoms with E-state index in [9.17, 15) is 0 Å². The van der Waals surface area contributed by atoms with Gasteiger partial charge in [0.2, 0.25) is 0 Å². The van der Waals surface area contributed by atoms with Crippen LogP contribution in [-0.2, 0) is 0 Å². The Bertz CT molecular complexity index is 496. The molecule has 0 saturated carbocycles. The van der Waals surface area contributed by atoms with Gasteiger partial charge in [0, 0.05) is 30.7 Å². The molecule has 0 saturated heterocycles. The Balaban J connectivity index is 2.44. The van der Waals surface area contributed by atoms with Gasteiger partial charge in [0.1, 0.15) is 5.82 Å². The molecule has 0 aliphatic carbocycles. The molecule has 0 radical (unpaired) electrons. The molecule has 0 amide bonds. The van der Waals surface area contributed by atoms with Crippen molar-refractivity contribution in [2.75, 3.05) is 12.4 Å². The molecule has 0 aromatic carbocycles. The zero-order valence-corrected chi connectivity index (χ0v) is 11.2. The second-order valence-electron chi connectivity index (χ2n) is 3.33. The van der Waals surface area contributed by atoms with E-state index in [-0.39, 0.29) is 0 Å². The summed E-state index contributed by atoms with van der Waals surface area (Å²) >= 11 is 2.20. The van der Waals surface area contributed by atoms with Crippen LogP contribution in [0.5, 0.6) is 0 Å². The van der Waals surface area contributed by atoms with Gasteiger partial charge in [-0.2, -0.15) is 0 Å². The average molecular weight is 326 g/mol. The van der Waals surface area contributed by atoms with Gasteiger partial charge < -0.3 is 5.32 Å². The lowest BCUT2D eigenvalue weighted by atomic mass is 10.2. The summed E-state index contributed by atoms with van der Waals surface area (Å²) in [5.41, 5.74) is 1.92. The molecular weight excluding hydrogens is 315 g/mol. The van der Waals surface area contributed by atoms with Gasteiger partial charge in [-0.15, -0.1) is 0 Å². The lowest BCUT2D eigenvalue weighted by molar-refractivity contribution is 1.13. The first-order valence-corrected chi connectivity index (χ1v) is 5.92. The minimum atomic E-state index is 0.692. The van der Waals surface area contributed by atoms with E-state index in [2.05, 4.69) is 42.9 Å². The quantitative estimate of drug-likeness (QED) is 0.862. The highest BCUT2D eigenvalue weighted by atomic mass is 127. The lowest BCUT2D eigenvalue weighted by Crippen LogP contribution is -1.99. The van der Waals surface area contributed by atoms with E-state index in [1.807, 2.05) is 26.1 Å². The number of nitrogens with one attached hydrogen (secondary N) is 1. The number of anilines is 1. The second kappa shape index (κ2) is 4.73. The summed E-state index contributed by atoms with van der Waals surface area (Å²) in [4.78, 5) is 12.9. The molecule has 0 atom stereocenters. The van der Waals surface area contributed by atoms with Crippen molar-refractivity contribution in [2.45, 2.75) is 6.92 Å². The van der Waals surface area contributed by atoms with Crippen LogP contribution in [0.4, 0.5) is 5.82 Å². The van der Waals surface area contributed by atoms with Gasteiger partial charge >= 0.3 is 0 Å². The van der Waals surface area contributed by atoms with E-state index in [4.69, 9.17) is 0 Å². The Hall–Kier alpha value is -1.24. The molecule has 0 bridgehead atoms. The van der Waals surface area contributed by atoms with Crippen LogP contribution < -0.4 is 5.32 Å². The molecular formula is C11H11IN4. The molecule has 0 aliphatic heterocycles. The molecule has 0 fully saturated rings. The summed E-state index contributed by atoms with van der Waals surface area (Å²) < 4.78 is 1.00. The van der Waals surface area contributed by atoms with Crippen molar-refractivity contribution in [1.29, 1.82) is 0 Å². The standard InChI is InChI=1S/C11H11IN4/c1-7-3-4-8(5-14-7)10-15-6-9(12)11(13-2)16-10/h3-6H,1-2H3,(H,13,15,16). The third-order valence-electron chi connectivity index (χ3n) is 2.15. The Morgan fingerprint density at radius 3 is 2.62 bits per heavy atom. The van der Waals surface area contributed by atoms with Gasteiger partial charge in [-0.25, -0.2) is 9.97 Å². The van der Waals surface area contributed by atoms with Crippen molar-refractivity contribution in [3.8, 4) is 11.4 Å². The van der Waals surface area contributed by atoms with Gasteiger partial charge in [-0.3, -0.25) is 4.98 Å². The number of hydrogen-bond donors (Lipinski definition) is 1. The van der Waals surface area contributed by atoms with E-state index in [1.165, 1.54) is 0 Å². The Morgan fingerprint density at radius 2 is 2.00 bits per heavy atom. The average Bonchev–Trinajstić information content (AvgIpc) is 2.31. The van der Waals surface area contributed by atoms with E-state index >= 15 is 0 Å². The summed E-state index contributed by atoms with van der Waals surface area (Å²) in [7, 11) is 1.85. The summed E-state index contributed by atoms with van der Waals surface area (Å²) in [6.45, 7) is 1.96. The summed E-state index contributed by atoms with van der Waals surface area (Å²) in [6, 6.07) is 3.93. The number of pyridine rings is 1. The fraction of sp³-hybridized carbons (Fsp3) is 0.182. The predicted molar refractivity (Wildman–Crippen MR) is 72.3 cm³/mol. The highest BCUT2D eigenvalue weighted by molar-refractivity contribution is 14.1. The Kier molecular flexibility index (Phi) is 3.33. The topological polar surface area (TPSA) is 50.7 Å². The van der Waals surface area contributed by atoms with Crippen molar-refractivity contribution in [3.05, 3.63) is 33.8 Å². The van der Waals surface area contributed by atoms with Crippen molar-refractivity contribution < 1.29 is 0 Å². The minimum absolute atomic E-state index is 0.692. The van der Waals surface area contributed by atoms with Crippen molar-refractivity contribution in [3.63, 3.8) is 0 Å². The molecule has 0 aliphatic rings. The van der Waals surface area contributed by atoms with Crippen molar-refractivity contribution in [1.82, 2.24) is 15.0 Å². The first-order chi connectivity index (χ1) is 7.70. The van der Waals surface area contributed by atoms with Crippen LogP contribution in [0.3, 0.4) is 0 Å². The number of aryl methyl sites for hydroxylation is 1. The highest BCUT2D eigenvalue weighted by Crippen LogP contribution is 2.19. The Labute approximate surface area is 108 Å². The van der Waals surface area contributed by atoms with Crippen molar-refractivity contribution in [2.24, 2.45) is 0 Å². The number of aromatic nitrogens is 3. The fourth-order valence-electron chi connectivity index (χ4n) is 1.28. The predicted octanol–water partition coefficient (Wildman–Crippen LogP) is 2.49. The number of nitrogens with zero attached hydrogens (tertiary/aromatic N) is 3. The summed E-state index contributed by atoms with van der Waals surface area (Å²) in [5, 5.41) is 3.04. The molecule has 5 heteroatoms. The fourth-order valence-corrected chi connectivity index (χ4v) is 1.81. The van der Waals surface area contributed by atoms with Crippen LogP contribution in [0.2, 0.25) is 0 Å². The molecule has 2 heterocycles. The molecule has 2 aromatic rings. The van der Waals surface area contributed by atoms with E-state index in [1.54, 1.807) is 12.4 Å². The van der Waals surface area contributed by atoms with Crippen LogP contribution in [0.15, 0.2) is 24.5 Å². The molecule has 2 aromatic heterocycles. The third kappa shape index (κ3) is 2.29. The minimum Gasteiger partial charge on any atom is -0.372 e. The van der Waals surface area contributed by atoms with E-state index in [0.717, 1.165) is 20.6 Å². The van der Waals surface area contributed by atoms with Crippen LogP contribution >= 0.6 is 22.6 Å². The zero-order chi connectivity index (χ0) is 11.5. The van der Waals surface area contributed by atoms with Crippen molar-refractivity contribution >= 4 is 28.4 Å². The molecule has 16 heavy (non-hydrogen) atoms. The molecule has 0 spiro atoms. The normalized spacial score (nSPS) is 10.2. The monoisotopic (exact) mass is 326 g/mol. The highest BCUT2D eigenvalue weighted by Gasteiger charge is 2.05. The summed E-state index contributed by atoms with van der Waals surface area (Å²) in [6.07, 6.45) is 3.59. The maximum Gasteiger partial charge on any atom is 0.163 e. The lowest BCUT2D eigenvalue weighted by Gasteiger charge is -2.05. The largest absolute Gasteiger partial charge is 0.372 e. The first kappa shape index (κ1) is 11.3. The van der Waals surface area contributed by atoms with Crippen LogP contribution in [0.1, 0.15) is 5.69 Å². The van der Waals surface area contributed by atoms with Gasteiger partial charge in [0.15, 0.2) is 5.82 Å². The van der Waals surface area contributed by atoms with Gasteiger partial charge in [-0.1, -0.05) is 0 Å². The third-order valence-corrected chi connectivity index (χ3v) is 2.94. The van der Waals surface area contributed by atoms with E-state index < -0.39 is 0 Å². The maximum atomic E-state index is 4.42. The summed E-state index contributed by atoms with van der Waals surface area (Å²) in [5.74, 6) is 1.53. The maximum absolute atomic E-state index is 4.42. The first-order valence-electron chi connectivity index (χ1n) is 4.84. The van der Waals surface area contributed by atoms with Crippen LogP contribution in [0, 0.1) is 10.5 Å². The Morgan fingerprint density at radius 1 is 1.19 bits per heavy atom. The molecule has 0 unspecified atom stereocenters. The smallest absolute Gasteiger partial charge is 0.163 e. The van der Waals surface area contributed by atoms with Crippen LogP contribution in [-0.4, -0.2) is 22.0 Å². The molecule has 1 N–H and O–H groups in total.